The van der Waals surface area contributed by atoms with Gasteiger partial charge in [-0.2, -0.15) is 5.10 Å². The van der Waals surface area contributed by atoms with Crippen LogP contribution in [0.1, 0.15) is 22.9 Å². The highest BCUT2D eigenvalue weighted by atomic mass is 16.5. The summed E-state index contributed by atoms with van der Waals surface area (Å²) in [5, 5.41) is 8.83. The number of nitrogens with one attached hydrogen (secondary N) is 1. The van der Waals surface area contributed by atoms with Crippen LogP contribution in [-0.2, 0) is 24.7 Å². The lowest BCUT2D eigenvalue weighted by Gasteiger charge is -2.18. The van der Waals surface area contributed by atoms with Gasteiger partial charge in [0, 0.05) is 18.6 Å². The smallest absolute Gasteiger partial charge is 0.224 e. The molecule has 0 radical (unpaired) electrons. The number of hydrogen-bond acceptors (Lipinski definition) is 4. The Morgan fingerprint density at radius 2 is 1.87 bits per heavy atom. The molecule has 0 bridgehead atoms. The van der Waals surface area contributed by atoms with Crippen LogP contribution in [0.2, 0.25) is 0 Å². The maximum atomic E-state index is 12.9. The summed E-state index contributed by atoms with van der Waals surface area (Å²) in [6, 6.07) is 21.3. The number of aryl methyl sites for hydroxylation is 1. The molecular weight excluding hydrogens is 376 g/mol. The van der Waals surface area contributed by atoms with Crippen LogP contribution in [0, 0.1) is 0 Å². The molecule has 4 aromatic rings. The maximum Gasteiger partial charge on any atom is 0.224 e. The van der Waals surface area contributed by atoms with Crippen LogP contribution in [0.25, 0.3) is 11.0 Å². The zero-order valence-electron chi connectivity index (χ0n) is 17.1. The standard InChI is InChI=1S/C24H24N4O2/c1-28-24-20(12-7-13-25-24)23(27-28)21(15-17-8-4-3-5-9-17)26-22(29)16-18-10-6-11-19(14-18)30-2/h3-14,21H,15-16H2,1-2H3,(H,26,29)/t21-/m0/s1. The van der Waals surface area contributed by atoms with E-state index < -0.39 is 0 Å². The summed E-state index contributed by atoms with van der Waals surface area (Å²) >= 11 is 0. The Bertz CT molecular complexity index is 1150. The van der Waals surface area contributed by atoms with Gasteiger partial charge in [-0.25, -0.2) is 4.98 Å². The lowest BCUT2D eigenvalue weighted by molar-refractivity contribution is -0.121. The summed E-state index contributed by atoms with van der Waals surface area (Å²) < 4.78 is 7.03. The van der Waals surface area contributed by atoms with E-state index in [9.17, 15) is 4.79 Å². The highest BCUT2D eigenvalue weighted by Crippen LogP contribution is 2.25. The number of nitrogens with zero attached hydrogens (tertiary/aromatic N) is 3. The Kier molecular flexibility index (Phi) is 5.75. The molecule has 30 heavy (non-hydrogen) atoms. The van der Waals surface area contributed by atoms with Gasteiger partial charge in [0.1, 0.15) is 5.75 Å². The highest BCUT2D eigenvalue weighted by Gasteiger charge is 2.22. The molecule has 0 aliphatic carbocycles. The Balaban J connectivity index is 1.62. The first-order valence-electron chi connectivity index (χ1n) is 9.88. The van der Waals surface area contributed by atoms with Crippen molar-refractivity contribution in [3.05, 3.63) is 89.7 Å². The van der Waals surface area contributed by atoms with Crippen LogP contribution >= 0.6 is 0 Å². The first-order chi connectivity index (χ1) is 14.6. The quantitative estimate of drug-likeness (QED) is 0.514. The number of ether oxygens (including phenoxy) is 1. The third kappa shape index (κ3) is 4.33. The van der Waals surface area contributed by atoms with Crippen molar-refractivity contribution in [2.24, 2.45) is 7.05 Å². The van der Waals surface area contributed by atoms with E-state index in [1.54, 1.807) is 18.0 Å². The van der Waals surface area contributed by atoms with E-state index in [1.165, 1.54) is 0 Å². The lowest BCUT2D eigenvalue weighted by atomic mass is 10.0. The summed E-state index contributed by atoms with van der Waals surface area (Å²) in [6.45, 7) is 0. The van der Waals surface area contributed by atoms with Gasteiger partial charge in [0.2, 0.25) is 5.91 Å². The Morgan fingerprint density at radius 3 is 2.67 bits per heavy atom. The van der Waals surface area contributed by atoms with Crippen LogP contribution in [0.15, 0.2) is 72.9 Å². The van der Waals surface area contributed by atoms with Crippen molar-refractivity contribution in [2.75, 3.05) is 7.11 Å². The van der Waals surface area contributed by atoms with Crippen molar-refractivity contribution >= 4 is 16.9 Å². The predicted octanol–water partition coefficient (Wildman–Crippen LogP) is 3.62. The molecule has 0 aliphatic heterocycles. The molecule has 1 atom stereocenters. The highest BCUT2D eigenvalue weighted by molar-refractivity contribution is 5.82. The monoisotopic (exact) mass is 400 g/mol. The van der Waals surface area contributed by atoms with E-state index in [4.69, 9.17) is 9.84 Å². The van der Waals surface area contributed by atoms with Gasteiger partial charge in [0.15, 0.2) is 5.65 Å². The van der Waals surface area contributed by atoms with Gasteiger partial charge in [-0.3, -0.25) is 9.48 Å². The fraction of sp³-hybridized carbons (Fsp3) is 0.208. The number of carbonyl (C=O) groups excluding carboxylic acids is 1. The van der Waals surface area contributed by atoms with Crippen molar-refractivity contribution in [2.45, 2.75) is 18.9 Å². The first-order valence-corrected chi connectivity index (χ1v) is 9.88. The van der Waals surface area contributed by atoms with Crippen molar-refractivity contribution < 1.29 is 9.53 Å². The second-order valence-corrected chi connectivity index (χ2v) is 7.22. The van der Waals surface area contributed by atoms with Crippen LogP contribution in [0.5, 0.6) is 5.75 Å². The zero-order chi connectivity index (χ0) is 20.9. The average molecular weight is 400 g/mol. The molecule has 152 valence electrons. The molecule has 0 unspecified atom stereocenters. The lowest BCUT2D eigenvalue weighted by Crippen LogP contribution is -2.31. The minimum absolute atomic E-state index is 0.0631. The number of carbonyl (C=O) groups is 1. The third-order valence-corrected chi connectivity index (χ3v) is 5.07. The molecule has 0 aliphatic rings. The van der Waals surface area contributed by atoms with Gasteiger partial charge in [-0.05, 0) is 41.8 Å². The van der Waals surface area contributed by atoms with Crippen LogP contribution < -0.4 is 10.1 Å². The van der Waals surface area contributed by atoms with E-state index in [1.807, 2.05) is 61.6 Å². The Morgan fingerprint density at radius 1 is 1.07 bits per heavy atom. The number of rotatable bonds is 7. The van der Waals surface area contributed by atoms with Crippen molar-refractivity contribution in [3.63, 3.8) is 0 Å². The van der Waals surface area contributed by atoms with E-state index in [0.717, 1.165) is 33.6 Å². The maximum absolute atomic E-state index is 12.9. The number of benzene rings is 2. The number of fused-ring (bicyclic) bond motifs is 1. The molecule has 2 aromatic heterocycles. The fourth-order valence-corrected chi connectivity index (χ4v) is 3.65. The van der Waals surface area contributed by atoms with Gasteiger partial charge in [-0.15, -0.1) is 0 Å². The fourth-order valence-electron chi connectivity index (χ4n) is 3.65. The third-order valence-electron chi connectivity index (χ3n) is 5.07. The first kappa shape index (κ1) is 19.6. The largest absolute Gasteiger partial charge is 0.497 e. The van der Waals surface area contributed by atoms with E-state index in [2.05, 4.69) is 22.4 Å². The number of pyridine rings is 1. The molecule has 0 fully saturated rings. The molecule has 1 N–H and O–H groups in total. The summed E-state index contributed by atoms with van der Waals surface area (Å²) in [7, 11) is 3.49. The van der Waals surface area contributed by atoms with Crippen molar-refractivity contribution in [1.82, 2.24) is 20.1 Å². The summed E-state index contributed by atoms with van der Waals surface area (Å²) in [6.07, 6.45) is 2.67. The normalized spacial score (nSPS) is 11.9. The molecule has 6 heteroatoms. The summed E-state index contributed by atoms with van der Waals surface area (Å²) in [5.41, 5.74) is 3.65. The van der Waals surface area contributed by atoms with E-state index in [0.29, 0.717) is 6.42 Å². The Labute approximate surface area is 175 Å². The van der Waals surface area contributed by atoms with Crippen LogP contribution in [-0.4, -0.2) is 27.8 Å². The van der Waals surface area contributed by atoms with Gasteiger partial charge >= 0.3 is 0 Å². The second kappa shape index (κ2) is 8.78. The molecule has 1 amide bonds. The van der Waals surface area contributed by atoms with E-state index in [-0.39, 0.29) is 18.4 Å². The SMILES string of the molecule is COc1cccc(CC(=O)N[C@@H](Cc2ccccc2)c2nn(C)c3ncccc23)c1. The summed E-state index contributed by atoms with van der Waals surface area (Å²) in [4.78, 5) is 17.4. The number of hydrogen-bond donors (Lipinski definition) is 1. The van der Waals surface area contributed by atoms with Crippen LogP contribution in [0.4, 0.5) is 0 Å². The second-order valence-electron chi connectivity index (χ2n) is 7.22. The molecule has 0 saturated carbocycles. The number of aromatic nitrogens is 3. The van der Waals surface area contributed by atoms with Crippen molar-refractivity contribution in [1.29, 1.82) is 0 Å². The number of methoxy groups -OCH3 is 1. The molecule has 6 nitrogen and oxygen atoms in total. The molecular formula is C24H24N4O2. The minimum Gasteiger partial charge on any atom is -0.497 e. The average Bonchev–Trinajstić information content (AvgIpc) is 3.11. The van der Waals surface area contributed by atoms with Crippen LogP contribution in [0.3, 0.4) is 0 Å². The Hall–Kier alpha value is -3.67. The molecule has 2 aromatic carbocycles. The molecule has 2 heterocycles. The summed E-state index contributed by atoms with van der Waals surface area (Å²) in [5.74, 6) is 0.676. The van der Waals surface area contributed by atoms with Gasteiger partial charge < -0.3 is 10.1 Å². The molecule has 4 rings (SSSR count). The number of amides is 1. The van der Waals surface area contributed by atoms with Gasteiger partial charge in [-0.1, -0.05) is 42.5 Å². The zero-order valence-corrected chi connectivity index (χ0v) is 17.1. The van der Waals surface area contributed by atoms with Gasteiger partial charge in [0.25, 0.3) is 0 Å². The predicted molar refractivity (Wildman–Crippen MR) is 116 cm³/mol. The topological polar surface area (TPSA) is 69.0 Å². The molecule has 0 spiro atoms. The van der Waals surface area contributed by atoms with Crippen molar-refractivity contribution in [3.8, 4) is 5.75 Å². The minimum atomic E-state index is -0.265. The van der Waals surface area contributed by atoms with Gasteiger partial charge in [0.05, 0.1) is 25.3 Å². The molecule has 0 saturated heterocycles. The van der Waals surface area contributed by atoms with E-state index >= 15 is 0 Å².